The first-order valence-electron chi connectivity index (χ1n) is 31.3. The van der Waals surface area contributed by atoms with Gasteiger partial charge in [-0.25, -0.2) is 0 Å². The molecular weight excluding hydrogens is 1290 g/mol. The predicted octanol–water partition coefficient (Wildman–Crippen LogP) is 14.1. The van der Waals surface area contributed by atoms with Gasteiger partial charge in [-0.3, -0.25) is 0 Å². The molecule has 0 fully saturated rings. The minimum atomic E-state index is -0.0121. The highest BCUT2D eigenvalue weighted by atomic mass is 32.2. The predicted molar refractivity (Wildman–Crippen MR) is 400 cm³/mol. The van der Waals surface area contributed by atoms with Crippen molar-refractivity contribution in [2.24, 2.45) is 0 Å². The maximum absolute atomic E-state index is 6.05. The Labute approximate surface area is 575 Å². The minimum Gasteiger partial charge on any atom is -0.489 e. The number of thioether (sulfide) groups is 6. The van der Waals surface area contributed by atoms with Crippen molar-refractivity contribution in [3.63, 3.8) is 0 Å². The number of aryl methyl sites for hydroxylation is 6. The number of fused-ring (bicyclic) bond motifs is 6. The molecule has 0 saturated heterocycles. The molecule has 0 saturated carbocycles. The first-order chi connectivity index (χ1) is 44.2. The van der Waals surface area contributed by atoms with Gasteiger partial charge in [0.05, 0.1) is 63.5 Å². The number of nitrogen functional groups attached to an aromatic ring is 12. The van der Waals surface area contributed by atoms with Crippen LogP contribution in [-0.4, -0.2) is 85.2 Å². The van der Waals surface area contributed by atoms with Crippen LogP contribution in [0.5, 0.6) is 34.5 Å². The highest BCUT2D eigenvalue weighted by Gasteiger charge is 2.31. The molecule has 6 heterocycles. The lowest BCUT2D eigenvalue weighted by Crippen LogP contribution is -2.23. The van der Waals surface area contributed by atoms with E-state index in [2.05, 4.69) is 27.7 Å². The first kappa shape index (κ1) is 74.1. The number of methoxy groups -OCH3 is 1. The van der Waals surface area contributed by atoms with Crippen molar-refractivity contribution in [2.75, 3.05) is 122 Å². The molecule has 0 radical (unpaired) electrons. The Balaban J connectivity index is 0.000000158. The van der Waals surface area contributed by atoms with E-state index < -0.39 is 0 Å². The number of hydrogen-bond donors (Lipinski definition) is 12. The summed E-state index contributed by atoms with van der Waals surface area (Å²) >= 11 is 10.3. The fraction of sp³-hybridized carbons (Fsp3) is 0.463. The molecule has 26 heteroatoms. The standard InChI is InChI=1S/C13H20N2OS.C12H18N2OS.C11H16N2O2S.C11H16N2OS.C10H14N2O2S.C10H14N2OS/c1-3-4-5-9-7-16-12-11(15)8(2)6-10(14)13(12)17-9;1-3-4-8-6-15-11-10(14)7(2)5-9(13)12(11)16-8;1-3-14-8-5-15-10-9(13)6(2)4-7(12)11(10)16-8;1-3-7-5-14-10-9(13)6(2)4-8(12)11(10)15-7;1-5-3-6(11)10-9(8(5)12)14-4-7(13-2)15-10;1-5-3-7(11)10-9(8(5)12)13-4-6(2)14-10/h6,9H,3-5,7,14-15H2,1-2H3;5,8H,3-4,6,13-14H2,1-2H3;4,8H,3,5,12-13H2,1-2H3;4,7H,3,5,12-13H2,1-2H3;3,7H,4,11-12H2,1-2H3;3,6H,4,11-12H2,1-2H3. The summed E-state index contributed by atoms with van der Waals surface area (Å²) in [4.78, 5) is 5.83. The summed E-state index contributed by atoms with van der Waals surface area (Å²) in [6.45, 7) is 26.8. The summed E-state index contributed by atoms with van der Waals surface area (Å²) in [6.07, 6.45) is 7.02. The van der Waals surface area contributed by atoms with Crippen molar-refractivity contribution in [2.45, 2.75) is 176 Å². The normalized spacial score (nSPS) is 19.2. The van der Waals surface area contributed by atoms with Gasteiger partial charge in [0.25, 0.3) is 0 Å². The van der Waals surface area contributed by atoms with Gasteiger partial charge in [-0.1, -0.05) is 63.6 Å². The molecule has 12 rings (SSSR count). The third-order valence-electron chi connectivity index (χ3n) is 15.7. The Bertz CT molecular complexity index is 3440. The van der Waals surface area contributed by atoms with E-state index in [0.29, 0.717) is 87.4 Å². The molecule has 0 spiro atoms. The Kier molecular flexibility index (Phi) is 27.0. The van der Waals surface area contributed by atoms with Crippen molar-refractivity contribution in [3.05, 3.63) is 69.8 Å². The highest BCUT2D eigenvalue weighted by Crippen LogP contribution is 2.52. The molecule has 6 unspecified atom stereocenters. The van der Waals surface area contributed by atoms with Crippen molar-refractivity contribution in [3.8, 4) is 34.5 Å². The van der Waals surface area contributed by atoms with Gasteiger partial charge < -0.3 is 107 Å². The van der Waals surface area contributed by atoms with Gasteiger partial charge in [-0.2, -0.15) is 0 Å². The summed E-state index contributed by atoms with van der Waals surface area (Å²) in [5.41, 5.74) is 86.2. The molecule has 0 bridgehead atoms. The third-order valence-corrected chi connectivity index (χ3v) is 23.5. The molecule has 20 nitrogen and oxygen atoms in total. The Morgan fingerprint density at radius 2 is 0.656 bits per heavy atom. The van der Waals surface area contributed by atoms with Crippen LogP contribution in [0.3, 0.4) is 0 Å². The lowest BCUT2D eigenvalue weighted by Gasteiger charge is -2.27. The second-order valence-electron chi connectivity index (χ2n) is 23.3. The van der Waals surface area contributed by atoms with Crippen LogP contribution in [0.1, 0.15) is 107 Å². The summed E-state index contributed by atoms with van der Waals surface area (Å²) < 4.78 is 44.8. The Morgan fingerprint density at radius 1 is 0.366 bits per heavy atom. The van der Waals surface area contributed by atoms with Gasteiger partial charge in [-0.15, -0.1) is 47.0 Å². The molecule has 6 aliphatic rings. The van der Waals surface area contributed by atoms with Crippen molar-refractivity contribution >= 4 is 139 Å². The molecule has 93 heavy (non-hydrogen) atoms. The van der Waals surface area contributed by atoms with Crippen LogP contribution in [0.25, 0.3) is 0 Å². The molecular formula is C67H98N12O8S6. The van der Waals surface area contributed by atoms with Gasteiger partial charge in [0, 0.05) is 68.8 Å². The van der Waals surface area contributed by atoms with E-state index in [9.17, 15) is 0 Å². The van der Waals surface area contributed by atoms with E-state index >= 15 is 0 Å². The number of hydrogen-bond acceptors (Lipinski definition) is 26. The zero-order chi connectivity index (χ0) is 68.1. The number of ether oxygens (including phenoxy) is 8. The molecule has 0 amide bonds. The molecule has 6 aliphatic heterocycles. The van der Waals surface area contributed by atoms with Crippen molar-refractivity contribution in [1.29, 1.82) is 0 Å². The summed E-state index contributed by atoms with van der Waals surface area (Å²) in [5.74, 6) is 4.53. The van der Waals surface area contributed by atoms with E-state index in [4.69, 9.17) is 107 Å². The number of unbranched alkanes of at least 4 members (excludes halogenated alkanes) is 1. The van der Waals surface area contributed by atoms with E-state index in [1.807, 2.05) is 96.6 Å². The lowest BCUT2D eigenvalue weighted by atomic mass is 10.1. The number of nitrogens with two attached hydrogens (primary N) is 12. The molecule has 6 aromatic carbocycles. The molecule has 510 valence electrons. The fourth-order valence-electron chi connectivity index (χ4n) is 10.3. The van der Waals surface area contributed by atoms with E-state index in [1.165, 1.54) is 19.3 Å². The largest absolute Gasteiger partial charge is 0.489 e. The summed E-state index contributed by atoms with van der Waals surface area (Å²) in [7, 11) is 1.65. The van der Waals surface area contributed by atoms with Gasteiger partial charge in [0.15, 0.2) is 34.5 Å². The van der Waals surface area contributed by atoms with Crippen LogP contribution in [0.2, 0.25) is 0 Å². The number of anilines is 12. The number of rotatable bonds is 9. The summed E-state index contributed by atoms with van der Waals surface area (Å²) in [6, 6.07) is 11.4. The topological polar surface area (TPSA) is 386 Å². The zero-order valence-electron chi connectivity index (χ0n) is 55.8. The molecule has 0 aromatic heterocycles. The van der Waals surface area contributed by atoms with Gasteiger partial charge in [-0.05, 0) is 144 Å². The Morgan fingerprint density at radius 3 is 0.989 bits per heavy atom. The Hall–Kier alpha value is -6.26. The minimum absolute atomic E-state index is 0.00176. The summed E-state index contributed by atoms with van der Waals surface area (Å²) in [5, 5.41) is 1.93. The first-order valence-corrected chi connectivity index (χ1v) is 36.6. The second kappa shape index (κ2) is 33.9. The molecule has 24 N–H and O–H groups in total. The van der Waals surface area contributed by atoms with Crippen LogP contribution < -0.4 is 97.2 Å². The monoisotopic (exact) mass is 1390 g/mol. The van der Waals surface area contributed by atoms with Crippen LogP contribution in [-0.2, 0) is 9.47 Å². The smallest absolute Gasteiger partial charge is 0.158 e. The third kappa shape index (κ3) is 18.2. The quantitative estimate of drug-likeness (QED) is 0.0598. The second-order valence-corrected chi connectivity index (χ2v) is 31.0. The van der Waals surface area contributed by atoms with E-state index in [-0.39, 0.29) is 10.9 Å². The van der Waals surface area contributed by atoms with Crippen LogP contribution >= 0.6 is 70.6 Å². The molecule has 0 aliphatic carbocycles. The van der Waals surface area contributed by atoms with E-state index in [1.54, 1.807) is 65.9 Å². The fourth-order valence-corrected chi connectivity index (χ4v) is 16.9. The average molecular weight is 1390 g/mol. The SMILES string of the molecule is CCC1COc2c(N)c(C)cc(N)c2S1.CCCC1COc2c(N)c(C)cc(N)c2S1.CCCCC1COc2c(N)c(C)cc(N)c2S1.CCOC1COc2c(N)c(C)cc(N)c2S1.COC1COc2c(N)c(C)cc(N)c2S1.Cc1cc(N)c2c(c1N)OCC(C)S2. The van der Waals surface area contributed by atoms with Gasteiger partial charge >= 0.3 is 0 Å². The van der Waals surface area contributed by atoms with Crippen molar-refractivity contribution < 1.29 is 37.9 Å². The average Bonchev–Trinajstić information content (AvgIpc) is 0.961. The highest BCUT2D eigenvalue weighted by molar-refractivity contribution is 8.01. The maximum atomic E-state index is 6.05. The molecule has 6 aromatic rings. The lowest BCUT2D eigenvalue weighted by molar-refractivity contribution is 0.0807. The number of benzene rings is 6. The van der Waals surface area contributed by atoms with Gasteiger partial charge in [0.1, 0.15) is 50.5 Å². The zero-order valence-corrected chi connectivity index (χ0v) is 60.7. The molecule has 6 atom stereocenters. The maximum Gasteiger partial charge on any atom is 0.158 e. The van der Waals surface area contributed by atoms with Crippen LogP contribution in [0.15, 0.2) is 65.8 Å². The van der Waals surface area contributed by atoms with Gasteiger partial charge in [0.2, 0.25) is 0 Å². The van der Waals surface area contributed by atoms with E-state index in [0.717, 1.165) is 165 Å². The van der Waals surface area contributed by atoms with Crippen LogP contribution in [0.4, 0.5) is 68.2 Å². The van der Waals surface area contributed by atoms with Crippen LogP contribution in [0, 0.1) is 41.5 Å². The van der Waals surface area contributed by atoms with Crippen molar-refractivity contribution in [1.82, 2.24) is 0 Å².